The average Bonchev–Trinajstić information content (AvgIpc) is 1.91. The van der Waals surface area contributed by atoms with Crippen LogP contribution in [0.2, 0.25) is 0 Å². The van der Waals surface area contributed by atoms with Crippen molar-refractivity contribution in [1.29, 1.82) is 0 Å². The fraction of sp³-hybridized carbons (Fsp3) is 0.250. The molecule has 3 nitrogen and oxygen atoms in total. The standard InChI is InChI=1S/C4H4NO2/c1-3-4(6)2-5-7-3/h6H,1H3. The molecule has 0 saturated carbocycles. The Labute approximate surface area is 40.6 Å². The van der Waals surface area contributed by atoms with Crippen molar-refractivity contribution >= 4 is 0 Å². The van der Waals surface area contributed by atoms with Gasteiger partial charge >= 0.3 is 0 Å². The van der Waals surface area contributed by atoms with Gasteiger partial charge in [0.2, 0.25) is 0 Å². The molecular weight excluding hydrogens is 94.0 g/mol. The van der Waals surface area contributed by atoms with Gasteiger partial charge in [0, 0.05) is 6.92 Å². The lowest BCUT2D eigenvalue weighted by Crippen LogP contribution is -1.57. The second kappa shape index (κ2) is 1.26. The van der Waals surface area contributed by atoms with Crippen molar-refractivity contribution in [3.05, 3.63) is 12.0 Å². The summed E-state index contributed by atoms with van der Waals surface area (Å²) in [6.45, 7) is 1.61. The molecule has 1 aromatic rings. The van der Waals surface area contributed by atoms with Crippen LogP contribution in [0.5, 0.6) is 5.75 Å². The van der Waals surface area contributed by atoms with Gasteiger partial charge in [0.15, 0.2) is 17.7 Å². The molecule has 0 aliphatic heterocycles. The maximum atomic E-state index is 8.55. The molecule has 0 amide bonds. The second-order valence-corrected chi connectivity index (χ2v) is 1.20. The normalized spacial score (nSPS) is 9.29. The average molecular weight is 98.1 g/mol. The van der Waals surface area contributed by atoms with Gasteiger partial charge in [0.1, 0.15) is 0 Å². The van der Waals surface area contributed by atoms with E-state index in [2.05, 4.69) is 15.9 Å². The van der Waals surface area contributed by atoms with Gasteiger partial charge in [-0.05, 0) is 0 Å². The molecule has 0 saturated heterocycles. The monoisotopic (exact) mass is 98.0 g/mol. The van der Waals surface area contributed by atoms with Crippen LogP contribution in [-0.4, -0.2) is 10.3 Å². The van der Waals surface area contributed by atoms with Crippen molar-refractivity contribution in [1.82, 2.24) is 5.16 Å². The van der Waals surface area contributed by atoms with Gasteiger partial charge in [-0.3, -0.25) is 0 Å². The molecule has 0 aliphatic rings. The van der Waals surface area contributed by atoms with Crippen molar-refractivity contribution in [2.24, 2.45) is 0 Å². The largest absolute Gasteiger partial charge is 0.503 e. The highest BCUT2D eigenvalue weighted by Gasteiger charge is 1.96. The molecular formula is C4H4NO2. The first-order chi connectivity index (χ1) is 3.30. The number of hydrogen-bond donors (Lipinski definition) is 1. The Hall–Kier alpha value is -0.990. The Balaban J connectivity index is 3.12. The van der Waals surface area contributed by atoms with E-state index in [4.69, 9.17) is 5.11 Å². The van der Waals surface area contributed by atoms with Gasteiger partial charge in [-0.2, -0.15) is 0 Å². The minimum absolute atomic E-state index is 0.0139. The van der Waals surface area contributed by atoms with Gasteiger partial charge in [0.05, 0.1) is 0 Å². The van der Waals surface area contributed by atoms with E-state index in [1.807, 2.05) is 0 Å². The summed E-state index contributed by atoms with van der Waals surface area (Å²) < 4.78 is 4.41. The van der Waals surface area contributed by atoms with E-state index in [1.54, 1.807) is 6.92 Å². The highest BCUT2D eigenvalue weighted by Crippen LogP contribution is 2.10. The third kappa shape index (κ3) is 0.559. The summed E-state index contributed by atoms with van der Waals surface area (Å²) in [5.41, 5.74) is 0. The number of hydrogen-bond acceptors (Lipinski definition) is 3. The van der Waals surface area contributed by atoms with Gasteiger partial charge in [0.25, 0.3) is 0 Å². The number of aromatic nitrogens is 1. The first-order valence-electron chi connectivity index (χ1n) is 1.83. The van der Waals surface area contributed by atoms with E-state index in [-0.39, 0.29) is 5.75 Å². The summed E-state index contributed by atoms with van der Waals surface area (Å²) in [4.78, 5) is 0. The Morgan fingerprint density at radius 2 is 2.57 bits per heavy atom. The first kappa shape index (κ1) is 4.18. The van der Waals surface area contributed by atoms with E-state index in [0.29, 0.717) is 5.76 Å². The molecule has 0 fully saturated rings. The molecule has 0 unspecified atom stereocenters. The van der Waals surface area contributed by atoms with E-state index < -0.39 is 0 Å². The lowest BCUT2D eigenvalue weighted by molar-refractivity contribution is 0.383. The van der Waals surface area contributed by atoms with Crippen LogP contribution in [0.25, 0.3) is 0 Å². The van der Waals surface area contributed by atoms with E-state index in [9.17, 15) is 0 Å². The topological polar surface area (TPSA) is 46.3 Å². The highest BCUT2D eigenvalue weighted by molar-refractivity contribution is 5.14. The molecule has 37 valence electrons. The Kier molecular flexibility index (Phi) is 0.749. The molecule has 1 aromatic heterocycles. The zero-order valence-corrected chi connectivity index (χ0v) is 3.80. The van der Waals surface area contributed by atoms with Crippen molar-refractivity contribution in [3.8, 4) is 5.75 Å². The minimum atomic E-state index is -0.0139. The predicted octanol–water partition coefficient (Wildman–Crippen LogP) is 0.489. The van der Waals surface area contributed by atoms with Crippen LogP contribution in [0.1, 0.15) is 5.76 Å². The second-order valence-electron chi connectivity index (χ2n) is 1.20. The van der Waals surface area contributed by atoms with Crippen molar-refractivity contribution in [2.75, 3.05) is 0 Å². The quantitative estimate of drug-likeness (QED) is 0.513. The summed E-state index contributed by atoms with van der Waals surface area (Å²) in [6.07, 6.45) is 2.21. The van der Waals surface area contributed by atoms with Crippen LogP contribution >= 0.6 is 0 Å². The maximum Gasteiger partial charge on any atom is 0.188 e. The van der Waals surface area contributed by atoms with Gasteiger partial charge in [-0.25, -0.2) is 0 Å². The van der Waals surface area contributed by atoms with Gasteiger partial charge in [-0.15, -0.1) is 0 Å². The lowest BCUT2D eigenvalue weighted by atomic mass is 10.5. The summed E-state index contributed by atoms with van der Waals surface area (Å²) in [6, 6.07) is 0. The van der Waals surface area contributed by atoms with Crippen molar-refractivity contribution < 1.29 is 9.63 Å². The Morgan fingerprint density at radius 1 is 1.86 bits per heavy atom. The maximum absolute atomic E-state index is 8.55. The molecule has 0 aliphatic carbocycles. The Morgan fingerprint density at radius 3 is 2.71 bits per heavy atom. The molecule has 0 spiro atoms. The summed E-state index contributed by atoms with van der Waals surface area (Å²) >= 11 is 0. The number of nitrogens with zero attached hydrogens (tertiary/aromatic N) is 1. The molecule has 3 heteroatoms. The summed E-state index contributed by atoms with van der Waals surface area (Å²) in [5, 5.41) is 11.7. The van der Waals surface area contributed by atoms with Crippen molar-refractivity contribution in [3.63, 3.8) is 0 Å². The van der Waals surface area contributed by atoms with Crippen molar-refractivity contribution in [2.45, 2.75) is 6.92 Å². The van der Waals surface area contributed by atoms with Crippen LogP contribution in [-0.2, 0) is 0 Å². The first-order valence-corrected chi connectivity index (χ1v) is 1.83. The minimum Gasteiger partial charge on any atom is -0.503 e. The third-order valence-electron chi connectivity index (χ3n) is 0.668. The lowest BCUT2D eigenvalue weighted by Gasteiger charge is -1.75. The molecule has 1 N–H and O–H groups in total. The molecule has 7 heavy (non-hydrogen) atoms. The smallest absolute Gasteiger partial charge is 0.188 e. The SMILES string of the molecule is Cc1on[c]c1O. The molecule has 0 atom stereocenters. The summed E-state index contributed by atoms with van der Waals surface area (Å²) in [7, 11) is 0. The fourth-order valence-electron chi connectivity index (χ4n) is 0.256. The van der Waals surface area contributed by atoms with E-state index in [0.717, 1.165) is 0 Å². The van der Waals surface area contributed by atoms with Crippen LogP contribution in [0, 0.1) is 13.1 Å². The highest BCUT2D eigenvalue weighted by atomic mass is 16.5. The van der Waals surface area contributed by atoms with Crippen LogP contribution < -0.4 is 0 Å². The van der Waals surface area contributed by atoms with E-state index in [1.165, 1.54) is 0 Å². The predicted molar refractivity (Wildman–Crippen MR) is 21.7 cm³/mol. The molecule has 0 bridgehead atoms. The van der Waals surface area contributed by atoms with Crippen LogP contribution in [0.4, 0.5) is 0 Å². The van der Waals surface area contributed by atoms with Crippen LogP contribution in [0.15, 0.2) is 4.52 Å². The number of aromatic hydroxyl groups is 1. The number of aryl methyl sites for hydroxylation is 1. The summed E-state index contributed by atoms with van der Waals surface area (Å²) in [5.74, 6) is 0.389. The molecule has 1 rings (SSSR count). The van der Waals surface area contributed by atoms with Crippen LogP contribution in [0.3, 0.4) is 0 Å². The zero-order valence-electron chi connectivity index (χ0n) is 3.80. The molecule has 1 radical (unpaired) electrons. The van der Waals surface area contributed by atoms with Gasteiger partial charge in [-0.1, -0.05) is 5.16 Å². The number of rotatable bonds is 0. The third-order valence-corrected chi connectivity index (χ3v) is 0.668. The molecule has 1 heterocycles. The molecule has 0 aromatic carbocycles. The Bertz CT molecular complexity index is 142. The van der Waals surface area contributed by atoms with Gasteiger partial charge < -0.3 is 9.63 Å². The zero-order chi connectivity index (χ0) is 5.28. The van der Waals surface area contributed by atoms with E-state index >= 15 is 0 Å². The fourth-order valence-corrected chi connectivity index (χ4v) is 0.256.